The van der Waals surface area contributed by atoms with Crippen molar-refractivity contribution in [3.63, 3.8) is 0 Å². The number of rotatable bonds is 2. The van der Waals surface area contributed by atoms with E-state index in [4.69, 9.17) is 17.3 Å². The van der Waals surface area contributed by atoms with E-state index < -0.39 is 17.2 Å². The summed E-state index contributed by atoms with van der Waals surface area (Å²) < 4.78 is 37.4. The summed E-state index contributed by atoms with van der Waals surface area (Å²) in [7, 11) is 0. The van der Waals surface area contributed by atoms with E-state index >= 15 is 0 Å². The molecule has 1 aromatic heterocycles. The zero-order valence-corrected chi connectivity index (χ0v) is 11.4. The second kappa shape index (κ2) is 5.11. The zero-order valence-electron chi connectivity index (χ0n) is 9.83. The number of aryl methyl sites for hydroxylation is 1. The van der Waals surface area contributed by atoms with Gasteiger partial charge in [0.1, 0.15) is 0 Å². The summed E-state index contributed by atoms with van der Waals surface area (Å²) in [5.41, 5.74) is 7.48. The van der Waals surface area contributed by atoms with E-state index in [1.165, 1.54) is 0 Å². The lowest BCUT2D eigenvalue weighted by molar-refractivity contribution is -0.137. The van der Waals surface area contributed by atoms with Crippen LogP contribution in [0.25, 0.3) is 0 Å². The smallest absolute Gasteiger partial charge is 0.320 e. The van der Waals surface area contributed by atoms with Gasteiger partial charge in [0.2, 0.25) is 0 Å². The quantitative estimate of drug-likeness (QED) is 0.904. The minimum atomic E-state index is -4.44. The summed E-state index contributed by atoms with van der Waals surface area (Å²) in [6.45, 7) is 1.84. The molecule has 2 rings (SSSR count). The molecule has 2 N–H and O–H groups in total. The number of alkyl halides is 3. The highest BCUT2D eigenvalue weighted by molar-refractivity contribution is 7.11. The van der Waals surface area contributed by atoms with E-state index in [0.29, 0.717) is 26.8 Å². The Balaban J connectivity index is 2.31. The third-order valence-electron chi connectivity index (χ3n) is 2.63. The fourth-order valence-electron chi connectivity index (χ4n) is 1.53. The average molecular weight is 307 g/mol. The van der Waals surface area contributed by atoms with Gasteiger partial charge in [-0.3, -0.25) is 0 Å². The van der Waals surface area contributed by atoms with Crippen LogP contribution in [0.15, 0.2) is 24.4 Å². The van der Waals surface area contributed by atoms with Crippen LogP contribution < -0.4 is 5.73 Å². The summed E-state index contributed by atoms with van der Waals surface area (Å²) in [4.78, 5) is 3.71. The molecule has 7 heteroatoms. The van der Waals surface area contributed by atoms with Crippen molar-refractivity contribution < 1.29 is 13.2 Å². The number of nitrogens with two attached hydrogens (primary N) is 1. The number of benzene rings is 1. The first kappa shape index (κ1) is 14.3. The molecular formula is C12H10ClF3N2S. The van der Waals surface area contributed by atoms with Crippen LogP contribution in [0.3, 0.4) is 0 Å². The minimum Gasteiger partial charge on any atom is -0.320 e. The van der Waals surface area contributed by atoms with Crippen molar-refractivity contribution in [2.45, 2.75) is 19.1 Å². The maximum atomic E-state index is 12.5. The van der Waals surface area contributed by atoms with Gasteiger partial charge in [0, 0.05) is 16.1 Å². The predicted molar refractivity (Wildman–Crippen MR) is 69.3 cm³/mol. The molecule has 1 aromatic carbocycles. The Morgan fingerprint density at radius 3 is 2.58 bits per heavy atom. The molecule has 0 saturated carbocycles. The Hall–Kier alpha value is -1.11. The van der Waals surface area contributed by atoms with Gasteiger partial charge in [-0.05, 0) is 24.1 Å². The molecule has 0 bridgehead atoms. The highest BCUT2D eigenvalue weighted by Gasteiger charge is 2.35. The molecule has 0 aliphatic rings. The van der Waals surface area contributed by atoms with Gasteiger partial charge in [0.05, 0.1) is 6.04 Å². The maximum absolute atomic E-state index is 12.5. The van der Waals surface area contributed by atoms with E-state index in [-0.39, 0.29) is 0 Å². The van der Waals surface area contributed by atoms with Gasteiger partial charge in [-0.15, -0.1) is 11.3 Å². The number of halogens is 4. The molecule has 1 heterocycles. The minimum absolute atomic E-state index is 0.354. The Morgan fingerprint density at radius 1 is 1.37 bits per heavy atom. The molecule has 0 fully saturated rings. The van der Waals surface area contributed by atoms with Crippen LogP contribution in [0.1, 0.15) is 27.1 Å². The summed E-state index contributed by atoms with van der Waals surface area (Å²) in [6.07, 6.45) is -3.28. The van der Waals surface area contributed by atoms with E-state index in [9.17, 15) is 13.2 Å². The lowest BCUT2D eigenvalue weighted by atomic mass is 10.1. The van der Waals surface area contributed by atoms with Gasteiger partial charge in [-0.2, -0.15) is 13.2 Å². The monoisotopic (exact) mass is 306 g/mol. The molecule has 19 heavy (non-hydrogen) atoms. The number of aromatic nitrogens is 1. The van der Waals surface area contributed by atoms with E-state index in [0.717, 1.165) is 11.8 Å². The molecule has 0 aliphatic carbocycles. The Labute approximate surface area is 117 Å². The van der Waals surface area contributed by atoms with E-state index in [1.54, 1.807) is 18.2 Å². The molecule has 0 amide bonds. The normalized spacial score (nSPS) is 13.6. The number of hydrogen-bond acceptors (Lipinski definition) is 3. The second-order valence-electron chi connectivity index (χ2n) is 4.05. The zero-order chi connectivity index (χ0) is 14.2. The van der Waals surface area contributed by atoms with Gasteiger partial charge < -0.3 is 5.73 Å². The molecule has 1 atom stereocenters. The van der Waals surface area contributed by atoms with E-state index in [1.807, 2.05) is 6.92 Å². The number of thiazole rings is 1. The molecule has 0 aliphatic heterocycles. The van der Waals surface area contributed by atoms with Crippen molar-refractivity contribution in [3.05, 3.63) is 50.4 Å². The highest BCUT2D eigenvalue weighted by atomic mass is 35.5. The van der Waals surface area contributed by atoms with Crippen LogP contribution >= 0.6 is 22.9 Å². The SMILES string of the molecule is Cc1ccc(C(N)c2cnc(C(F)(F)F)s2)cc1Cl. The van der Waals surface area contributed by atoms with Gasteiger partial charge in [-0.25, -0.2) is 4.98 Å². The predicted octanol–water partition coefficient (Wildman–Crippen LogP) is 4.17. The van der Waals surface area contributed by atoms with Crippen molar-refractivity contribution in [1.29, 1.82) is 0 Å². The fourth-order valence-corrected chi connectivity index (χ4v) is 2.53. The van der Waals surface area contributed by atoms with E-state index in [2.05, 4.69) is 4.98 Å². The summed E-state index contributed by atoms with van der Waals surface area (Å²) in [6, 6.07) is 4.53. The molecular weight excluding hydrogens is 297 g/mol. The third kappa shape index (κ3) is 3.08. The molecule has 102 valence electrons. The molecule has 1 unspecified atom stereocenters. The number of hydrogen-bond donors (Lipinski definition) is 1. The summed E-state index contributed by atoms with van der Waals surface area (Å²) in [5, 5.41) is -0.357. The average Bonchev–Trinajstić information content (AvgIpc) is 2.81. The fraction of sp³-hybridized carbons (Fsp3) is 0.250. The lowest BCUT2D eigenvalue weighted by Crippen LogP contribution is -2.10. The maximum Gasteiger partial charge on any atom is 0.443 e. The molecule has 2 aromatic rings. The van der Waals surface area contributed by atoms with Crippen LogP contribution in [-0.4, -0.2) is 4.98 Å². The Morgan fingerprint density at radius 2 is 2.05 bits per heavy atom. The molecule has 2 nitrogen and oxygen atoms in total. The summed E-state index contributed by atoms with van der Waals surface area (Å²) in [5.74, 6) is 0. The first-order valence-corrected chi connectivity index (χ1v) is 6.53. The number of nitrogens with zero attached hydrogens (tertiary/aromatic N) is 1. The van der Waals surface area contributed by atoms with Crippen molar-refractivity contribution in [3.8, 4) is 0 Å². The van der Waals surface area contributed by atoms with Gasteiger partial charge in [0.25, 0.3) is 0 Å². The van der Waals surface area contributed by atoms with Crippen molar-refractivity contribution in [1.82, 2.24) is 4.98 Å². The van der Waals surface area contributed by atoms with Gasteiger partial charge in [0.15, 0.2) is 5.01 Å². The molecule has 0 spiro atoms. The first-order valence-electron chi connectivity index (χ1n) is 5.33. The van der Waals surface area contributed by atoms with Crippen LogP contribution in [0.5, 0.6) is 0 Å². The first-order chi connectivity index (χ1) is 8.79. The Bertz CT molecular complexity index is 595. The van der Waals surface area contributed by atoms with Crippen LogP contribution in [0.4, 0.5) is 13.2 Å². The van der Waals surface area contributed by atoms with Crippen LogP contribution in [0, 0.1) is 6.92 Å². The van der Waals surface area contributed by atoms with Gasteiger partial charge in [-0.1, -0.05) is 23.7 Å². The topological polar surface area (TPSA) is 38.9 Å². The van der Waals surface area contributed by atoms with Gasteiger partial charge >= 0.3 is 6.18 Å². The standard InChI is InChI=1S/C12H10ClF3N2S/c1-6-2-3-7(4-8(6)13)10(17)9-5-18-11(19-9)12(14,15)16/h2-5,10H,17H2,1H3. The molecule has 0 saturated heterocycles. The summed E-state index contributed by atoms with van der Waals surface area (Å²) >= 11 is 6.52. The third-order valence-corrected chi connectivity index (χ3v) is 4.16. The van der Waals surface area contributed by atoms with Crippen molar-refractivity contribution in [2.24, 2.45) is 5.73 Å². The highest BCUT2D eigenvalue weighted by Crippen LogP contribution is 2.35. The van der Waals surface area contributed by atoms with Crippen LogP contribution in [-0.2, 0) is 6.18 Å². The van der Waals surface area contributed by atoms with Crippen molar-refractivity contribution in [2.75, 3.05) is 0 Å². The Kier molecular flexibility index (Phi) is 3.85. The largest absolute Gasteiger partial charge is 0.443 e. The lowest BCUT2D eigenvalue weighted by Gasteiger charge is -2.10. The van der Waals surface area contributed by atoms with Crippen molar-refractivity contribution >= 4 is 22.9 Å². The molecule has 0 radical (unpaired) electrons. The second-order valence-corrected chi connectivity index (χ2v) is 5.52. The van der Waals surface area contributed by atoms with Crippen LogP contribution in [0.2, 0.25) is 5.02 Å².